The Morgan fingerprint density at radius 1 is 1.71 bits per heavy atom. The maximum absolute atomic E-state index is 5.41. The molecule has 37 valence electrons. The molecule has 0 spiro atoms. The van der Waals surface area contributed by atoms with Gasteiger partial charge in [0.25, 0.3) is 0 Å². The van der Waals surface area contributed by atoms with Crippen LogP contribution in [0.25, 0.3) is 0 Å². The van der Waals surface area contributed by atoms with Gasteiger partial charge in [-0.05, 0) is 6.08 Å². The molecular formula is C4H4ClN2. The number of nitrogens with one attached hydrogen (secondary N) is 1. The Balaban J connectivity index is 2.58. The largest absolute Gasteiger partial charge is 0.367 e. The molecule has 0 aliphatic carbocycles. The van der Waals surface area contributed by atoms with E-state index in [9.17, 15) is 0 Å². The summed E-state index contributed by atoms with van der Waals surface area (Å²) in [5.41, 5.74) is 0. The lowest BCUT2D eigenvalue weighted by molar-refractivity contribution is 1.16. The van der Waals surface area contributed by atoms with Crippen molar-refractivity contribution in [1.82, 2.24) is 5.32 Å². The van der Waals surface area contributed by atoms with Crippen molar-refractivity contribution in [3.63, 3.8) is 0 Å². The van der Waals surface area contributed by atoms with Crippen molar-refractivity contribution >= 4 is 17.9 Å². The molecule has 1 N–H and O–H groups in total. The molecule has 1 aliphatic rings. The van der Waals surface area contributed by atoms with Crippen LogP contribution in [-0.2, 0) is 0 Å². The Kier molecular flexibility index (Phi) is 1.32. The molecular weight excluding hydrogens is 112 g/mol. The molecule has 0 atom stereocenters. The normalized spacial score (nSPS) is 18.1. The van der Waals surface area contributed by atoms with Crippen LogP contribution in [0.3, 0.4) is 0 Å². The fraction of sp³-hybridized carbons (Fsp3) is 0. The smallest absolute Gasteiger partial charge is 0.128 e. The molecule has 0 amide bonds. The van der Waals surface area contributed by atoms with E-state index in [1.807, 2.05) is 0 Å². The Morgan fingerprint density at radius 3 is 2.86 bits per heavy atom. The summed E-state index contributed by atoms with van der Waals surface area (Å²) in [5.74, 6) is 0. The zero-order valence-corrected chi connectivity index (χ0v) is 4.31. The molecule has 0 saturated heterocycles. The van der Waals surface area contributed by atoms with Gasteiger partial charge in [-0.1, -0.05) is 11.6 Å². The molecule has 0 fully saturated rings. The van der Waals surface area contributed by atoms with Gasteiger partial charge in [0.2, 0.25) is 0 Å². The predicted octanol–water partition coefficient (Wildman–Crippen LogP) is 0.860. The van der Waals surface area contributed by atoms with Crippen molar-refractivity contribution in [3.05, 3.63) is 17.8 Å². The first-order chi connectivity index (χ1) is 3.39. The quantitative estimate of drug-likeness (QED) is 0.466. The molecule has 0 bridgehead atoms. The number of rotatable bonds is 0. The number of aliphatic imine (C=N–C) groups is 1. The first kappa shape index (κ1) is 4.65. The van der Waals surface area contributed by atoms with E-state index in [4.69, 9.17) is 11.6 Å². The van der Waals surface area contributed by atoms with Crippen LogP contribution < -0.4 is 5.32 Å². The molecule has 7 heavy (non-hydrogen) atoms. The van der Waals surface area contributed by atoms with Gasteiger partial charge in [-0.15, -0.1) is 0 Å². The van der Waals surface area contributed by atoms with Crippen LogP contribution in [0.4, 0.5) is 0 Å². The topological polar surface area (TPSA) is 24.4 Å². The van der Waals surface area contributed by atoms with Gasteiger partial charge in [-0.3, -0.25) is 0 Å². The number of hydrogen-bond donors (Lipinski definition) is 1. The fourth-order valence-corrected chi connectivity index (χ4v) is 0.414. The summed E-state index contributed by atoms with van der Waals surface area (Å²) >= 11 is 5.41. The number of halogens is 1. The highest BCUT2D eigenvalue weighted by Gasteiger charge is 1.88. The third-order valence-electron chi connectivity index (χ3n) is 0.580. The first-order valence-electron chi connectivity index (χ1n) is 1.87. The van der Waals surface area contributed by atoms with Crippen molar-refractivity contribution in [3.8, 4) is 0 Å². The van der Waals surface area contributed by atoms with E-state index >= 15 is 0 Å². The van der Waals surface area contributed by atoms with Gasteiger partial charge in [-0.2, -0.15) is 0 Å². The summed E-state index contributed by atoms with van der Waals surface area (Å²) in [7, 11) is 0. The molecule has 1 heterocycles. The third kappa shape index (κ3) is 1.20. The van der Waals surface area contributed by atoms with Crippen LogP contribution in [0, 0.1) is 6.54 Å². The Labute approximate surface area is 46.9 Å². The van der Waals surface area contributed by atoms with Gasteiger partial charge in [0.15, 0.2) is 0 Å². The second-order valence-corrected chi connectivity index (χ2v) is 1.47. The summed E-state index contributed by atoms with van der Waals surface area (Å²) in [6, 6.07) is 0. The molecule has 0 aromatic carbocycles. The van der Waals surface area contributed by atoms with Gasteiger partial charge in [0.05, 0.1) is 12.9 Å². The van der Waals surface area contributed by atoms with Crippen molar-refractivity contribution in [2.45, 2.75) is 0 Å². The minimum atomic E-state index is 0.513. The molecule has 0 saturated carbocycles. The van der Waals surface area contributed by atoms with Gasteiger partial charge in [0.1, 0.15) is 5.16 Å². The van der Waals surface area contributed by atoms with Crippen molar-refractivity contribution in [1.29, 1.82) is 0 Å². The minimum absolute atomic E-state index is 0.513. The lowest BCUT2D eigenvalue weighted by atomic mass is 10.6. The third-order valence-corrected chi connectivity index (χ3v) is 0.803. The summed E-state index contributed by atoms with van der Waals surface area (Å²) in [6.45, 7) is 1.72. The Bertz CT molecular complexity index is 117. The van der Waals surface area contributed by atoms with Crippen LogP contribution in [0.15, 0.2) is 16.2 Å². The van der Waals surface area contributed by atoms with Gasteiger partial charge in [0, 0.05) is 0 Å². The summed E-state index contributed by atoms with van der Waals surface area (Å²) in [4.78, 5) is 3.69. The number of hydrogen-bond acceptors (Lipinski definition) is 2. The predicted molar refractivity (Wildman–Crippen MR) is 29.9 cm³/mol. The van der Waals surface area contributed by atoms with Crippen LogP contribution >= 0.6 is 11.6 Å². The molecule has 3 heteroatoms. The maximum Gasteiger partial charge on any atom is 0.128 e. The Morgan fingerprint density at radius 2 is 2.57 bits per heavy atom. The van der Waals surface area contributed by atoms with Gasteiger partial charge >= 0.3 is 0 Å². The lowest BCUT2D eigenvalue weighted by Crippen LogP contribution is -2.07. The average molecular weight is 116 g/mol. The standard InChI is InChI=1S/C4H4ClN2/c5-4-1-2-6-3-7-4/h1-3H,(H,6,7). The van der Waals surface area contributed by atoms with Crippen LogP contribution in [0.5, 0.6) is 0 Å². The highest BCUT2D eigenvalue weighted by Crippen LogP contribution is 2.03. The molecule has 1 radical (unpaired) electrons. The molecule has 1 rings (SSSR count). The summed E-state index contributed by atoms with van der Waals surface area (Å²) in [6.07, 6.45) is 3.21. The molecule has 1 aliphatic heterocycles. The molecule has 0 aromatic heterocycles. The summed E-state index contributed by atoms with van der Waals surface area (Å²) < 4.78 is 0. The number of nitrogens with zero attached hydrogens (tertiary/aromatic N) is 1. The zero-order chi connectivity index (χ0) is 5.11. The SMILES string of the molecule is ClC1=C[CH]NC=N1. The highest BCUT2D eigenvalue weighted by molar-refractivity contribution is 6.29. The fourth-order valence-electron chi connectivity index (χ4n) is 0.302. The van der Waals surface area contributed by atoms with E-state index in [2.05, 4.69) is 10.3 Å². The maximum atomic E-state index is 5.41. The second-order valence-electron chi connectivity index (χ2n) is 1.08. The van der Waals surface area contributed by atoms with E-state index in [-0.39, 0.29) is 0 Å². The first-order valence-corrected chi connectivity index (χ1v) is 2.25. The monoisotopic (exact) mass is 115 g/mol. The minimum Gasteiger partial charge on any atom is -0.367 e. The molecule has 2 nitrogen and oxygen atoms in total. The van der Waals surface area contributed by atoms with Crippen molar-refractivity contribution in [2.24, 2.45) is 4.99 Å². The van der Waals surface area contributed by atoms with Crippen LogP contribution in [-0.4, -0.2) is 6.34 Å². The van der Waals surface area contributed by atoms with Gasteiger partial charge in [-0.25, -0.2) is 4.99 Å². The Hall–Kier alpha value is -0.500. The zero-order valence-electron chi connectivity index (χ0n) is 3.56. The van der Waals surface area contributed by atoms with E-state index in [1.165, 1.54) is 6.34 Å². The molecule has 0 aromatic rings. The van der Waals surface area contributed by atoms with Crippen molar-refractivity contribution in [2.75, 3.05) is 0 Å². The second kappa shape index (κ2) is 1.98. The molecule has 0 unspecified atom stereocenters. The van der Waals surface area contributed by atoms with Crippen LogP contribution in [0.1, 0.15) is 0 Å². The van der Waals surface area contributed by atoms with Crippen molar-refractivity contribution < 1.29 is 0 Å². The van der Waals surface area contributed by atoms with E-state index in [1.54, 1.807) is 12.6 Å². The van der Waals surface area contributed by atoms with Gasteiger partial charge < -0.3 is 5.32 Å². The highest BCUT2D eigenvalue weighted by atomic mass is 35.5. The van der Waals surface area contributed by atoms with E-state index in [0.717, 1.165) is 0 Å². The lowest BCUT2D eigenvalue weighted by Gasteiger charge is -1.97. The van der Waals surface area contributed by atoms with Crippen LogP contribution in [0.2, 0.25) is 0 Å². The summed E-state index contributed by atoms with van der Waals surface area (Å²) in [5, 5.41) is 3.25. The van der Waals surface area contributed by atoms with E-state index in [0.29, 0.717) is 5.16 Å². The van der Waals surface area contributed by atoms with E-state index < -0.39 is 0 Å². The average Bonchev–Trinajstić information content (AvgIpc) is 1.69.